The van der Waals surface area contributed by atoms with Gasteiger partial charge < -0.3 is 37.1 Å². The average Bonchev–Trinajstić information content (AvgIpc) is 3.31. The zero-order valence-corrected chi connectivity index (χ0v) is 24.5. The number of halogens is 1. The quantitative estimate of drug-likeness (QED) is 0.146. The van der Waals surface area contributed by atoms with E-state index in [9.17, 15) is 29.1 Å². The molecule has 12 nitrogen and oxygen atoms in total. The third-order valence-corrected chi connectivity index (χ3v) is 6.65. The highest BCUT2D eigenvalue weighted by Crippen LogP contribution is 2.19. The number of aromatic amines is 1. The zero-order chi connectivity index (χ0) is 28.9. The zero-order valence-electron chi connectivity index (χ0n) is 22.8. The van der Waals surface area contributed by atoms with Gasteiger partial charge in [-0.25, -0.2) is 0 Å². The maximum absolute atomic E-state index is 13.1. The minimum Gasteiger partial charge on any atom is -0.481 e. The number of amides is 4. The summed E-state index contributed by atoms with van der Waals surface area (Å²) < 4.78 is 0. The van der Waals surface area contributed by atoms with Crippen LogP contribution in [0.15, 0.2) is 30.5 Å². The van der Waals surface area contributed by atoms with Gasteiger partial charge in [0, 0.05) is 23.6 Å². The van der Waals surface area contributed by atoms with Gasteiger partial charge in [0.1, 0.15) is 18.1 Å². The van der Waals surface area contributed by atoms with Crippen molar-refractivity contribution < 1.29 is 29.1 Å². The number of nitrogens with one attached hydrogen (secondary N) is 5. The number of nitrogens with two attached hydrogens (primary N) is 1. The number of para-hydroxylation sites is 1. The van der Waals surface area contributed by atoms with Crippen molar-refractivity contribution in [3.05, 3.63) is 36.0 Å². The summed E-state index contributed by atoms with van der Waals surface area (Å²) in [5.41, 5.74) is 7.94. The number of aliphatic carboxylic acids is 1. The average molecular weight is 599 g/mol. The lowest BCUT2D eigenvalue weighted by atomic mass is 10.0. The van der Waals surface area contributed by atoms with Gasteiger partial charge in [0.25, 0.3) is 0 Å². The molecule has 0 aliphatic heterocycles. The monoisotopic (exact) mass is 598 g/mol. The van der Waals surface area contributed by atoms with Crippen LogP contribution in [-0.4, -0.2) is 82.4 Å². The minimum atomic E-state index is -1.45. The first-order chi connectivity index (χ1) is 18.6. The van der Waals surface area contributed by atoms with Crippen LogP contribution in [0.5, 0.6) is 0 Å². The van der Waals surface area contributed by atoms with Crippen LogP contribution in [0.25, 0.3) is 10.9 Å². The van der Waals surface area contributed by atoms with Gasteiger partial charge in [0.2, 0.25) is 23.6 Å². The van der Waals surface area contributed by atoms with Gasteiger partial charge >= 0.3 is 5.97 Å². The Bertz CT molecular complexity index is 1160. The molecule has 4 atom stereocenters. The first-order valence-corrected chi connectivity index (χ1v) is 14.2. The van der Waals surface area contributed by atoms with Crippen molar-refractivity contribution in [1.82, 2.24) is 26.3 Å². The number of hydrogen-bond donors (Lipinski definition) is 7. The number of rotatable bonds is 16. The number of carbonyl (C=O) groups excluding carboxylic acids is 4. The topological polar surface area (TPSA) is 196 Å². The van der Waals surface area contributed by atoms with Crippen LogP contribution in [0.3, 0.4) is 0 Å². The van der Waals surface area contributed by atoms with E-state index in [1.165, 1.54) is 18.7 Å². The fourth-order valence-corrected chi connectivity index (χ4v) is 4.32. The number of aromatic nitrogens is 1. The van der Waals surface area contributed by atoms with Gasteiger partial charge in [0.15, 0.2) is 0 Å². The summed E-state index contributed by atoms with van der Waals surface area (Å²) >= 11 is 1.46. The fraction of sp³-hybridized carbons (Fsp3) is 0.500. The number of hydrogen-bond acceptors (Lipinski definition) is 7. The Kier molecular flexibility index (Phi) is 15.1. The van der Waals surface area contributed by atoms with Crippen molar-refractivity contribution in [2.75, 3.05) is 18.6 Å². The predicted molar refractivity (Wildman–Crippen MR) is 157 cm³/mol. The molecular formula is C26H39ClN6O6S. The smallest absolute Gasteiger partial charge is 0.305 e. The van der Waals surface area contributed by atoms with Crippen molar-refractivity contribution in [3.8, 4) is 0 Å². The highest BCUT2D eigenvalue weighted by atomic mass is 35.5. The standard InChI is InChI=1S/C26H38N6O6S.ClH/c1-4-10-28-23(35)15(2)30-26(38)21(13-22(33)34)32-25(37)20(9-11-39-3)31-24(36)18(27)12-16-14-29-19-8-6-5-7-17(16)19;/h5-8,14-15,18,20-21,29H,4,9-13,27H2,1-3H3,(H,28,35)(H,30,38)(H,31,36)(H,32,37)(H,33,34);1H/t15-,18+,20+,21+;/m1./s1. The Morgan fingerprint density at radius 2 is 1.65 bits per heavy atom. The fourth-order valence-electron chi connectivity index (χ4n) is 3.85. The SMILES string of the molecule is CCCNC(=O)[C@@H](C)NC(=O)[C@H](CC(=O)O)NC(=O)[C@H](CCSC)NC(=O)[C@@H](N)Cc1c[nH]c2ccccc12.Cl. The normalized spacial score (nSPS) is 13.7. The lowest BCUT2D eigenvalue weighted by Crippen LogP contribution is -2.58. The number of H-pyrrole nitrogens is 1. The predicted octanol–water partition coefficient (Wildman–Crippen LogP) is 0.688. The Hall–Kier alpha value is -3.29. The van der Waals surface area contributed by atoms with Crippen LogP contribution in [0.2, 0.25) is 0 Å². The van der Waals surface area contributed by atoms with Gasteiger partial charge in [-0.3, -0.25) is 24.0 Å². The van der Waals surface area contributed by atoms with E-state index in [-0.39, 0.29) is 25.2 Å². The molecule has 0 fully saturated rings. The second-order valence-electron chi connectivity index (χ2n) is 9.19. The molecule has 0 aliphatic carbocycles. The van der Waals surface area contributed by atoms with Gasteiger partial charge in [0.05, 0.1) is 12.5 Å². The lowest BCUT2D eigenvalue weighted by molar-refractivity contribution is -0.141. The van der Waals surface area contributed by atoms with Crippen molar-refractivity contribution in [2.24, 2.45) is 5.73 Å². The van der Waals surface area contributed by atoms with Crippen molar-refractivity contribution in [3.63, 3.8) is 0 Å². The Morgan fingerprint density at radius 1 is 1.00 bits per heavy atom. The molecular weight excluding hydrogens is 560 g/mol. The van der Waals surface area contributed by atoms with Crippen molar-refractivity contribution in [1.29, 1.82) is 0 Å². The number of carboxylic acid groups (broad SMARTS) is 1. The summed E-state index contributed by atoms with van der Waals surface area (Å²) in [4.78, 5) is 65.5. The van der Waals surface area contributed by atoms with Crippen LogP contribution in [-0.2, 0) is 30.4 Å². The maximum Gasteiger partial charge on any atom is 0.305 e. The van der Waals surface area contributed by atoms with E-state index in [0.717, 1.165) is 16.5 Å². The number of thioether (sulfide) groups is 1. The van der Waals surface area contributed by atoms with Gasteiger partial charge in [-0.15, -0.1) is 12.4 Å². The molecule has 14 heteroatoms. The van der Waals surface area contributed by atoms with Crippen LogP contribution >= 0.6 is 24.2 Å². The number of benzene rings is 1. The molecule has 2 aromatic rings. The minimum absolute atomic E-state index is 0. The first-order valence-electron chi connectivity index (χ1n) is 12.8. The largest absolute Gasteiger partial charge is 0.481 e. The van der Waals surface area contributed by atoms with Crippen LogP contribution in [0, 0.1) is 0 Å². The van der Waals surface area contributed by atoms with Crippen LogP contribution in [0.1, 0.15) is 38.7 Å². The van der Waals surface area contributed by atoms with Crippen LogP contribution in [0.4, 0.5) is 0 Å². The second kappa shape index (κ2) is 17.4. The van der Waals surface area contributed by atoms with Gasteiger partial charge in [-0.05, 0) is 49.8 Å². The Morgan fingerprint density at radius 3 is 2.30 bits per heavy atom. The maximum atomic E-state index is 13.1. The molecule has 1 aromatic heterocycles. The number of carbonyl (C=O) groups is 5. The highest BCUT2D eigenvalue weighted by molar-refractivity contribution is 7.98. The van der Waals surface area contributed by atoms with E-state index in [1.807, 2.05) is 37.4 Å². The molecule has 0 bridgehead atoms. The van der Waals surface area contributed by atoms with E-state index in [4.69, 9.17) is 5.73 Å². The summed E-state index contributed by atoms with van der Waals surface area (Å²) in [5.74, 6) is -3.33. The summed E-state index contributed by atoms with van der Waals surface area (Å²) in [5, 5.41) is 20.4. The van der Waals surface area contributed by atoms with E-state index in [1.54, 1.807) is 6.20 Å². The molecule has 1 aromatic carbocycles. The highest BCUT2D eigenvalue weighted by Gasteiger charge is 2.30. The number of carboxylic acids is 1. The molecule has 0 radical (unpaired) electrons. The Balaban J connectivity index is 0.00000800. The van der Waals surface area contributed by atoms with E-state index in [2.05, 4.69) is 26.3 Å². The summed E-state index contributed by atoms with van der Waals surface area (Å²) in [6.45, 7) is 3.76. The first kappa shape index (κ1) is 34.7. The summed E-state index contributed by atoms with van der Waals surface area (Å²) in [7, 11) is 0. The van der Waals surface area contributed by atoms with Gasteiger partial charge in [-0.1, -0.05) is 25.1 Å². The molecule has 8 N–H and O–H groups in total. The third-order valence-electron chi connectivity index (χ3n) is 6.01. The van der Waals surface area contributed by atoms with E-state index < -0.39 is 60.2 Å². The molecule has 0 aliphatic rings. The molecule has 0 saturated carbocycles. The molecule has 2 rings (SSSR count). The molecule has 0 unspecified atom stereocenters. The summed E-state index contributed by atoms with van der Waals surface area (Å²) in [6, 6.07) is 3.22. The van der Waals surface area contributed by atoms with E-state index >= 15 is 0 Å². The van der Waals surface area contributed by atoms with E-state index in [0.29, 0.717) is 18.7 Å². The molecule has 4 amide bonds. The second-order valence-corrected chi connectivity index (χ2v) is 10.2. The number of fused-ring (bicyclic) bond motifs is 1. The molecule has 0 saturated heterocycles. The molecule has 1 heterocycles. The summed E-state index contributed by atoms with van der Waals surface area (Å²) in [6.07, 6.45) is 4.09. The van der Waals surface area contributed by atoms with Gasteiger partial charge in [-0.2, -0.15) is 11.8 Å². The van der Waals surface area contributed by atoms with Crippen LogP contribution < -0.4 is 27.0 Å². The third kappa shape index (κ3) is 10.7. The Labute approximate surface area is 243 Å². The molecule has 40 heavy (non-hydrogen) atoms. The van der Waals surface area contributed by atoms with Crippen molar-refractivity contribution >= 4 is 64.7 Å². The molecule has 0 spiro atoms. The molecule has 222 valence electrons. The lowest BCUT2D eigenvalue weighted by Gasteiger charge is -2.24. The van der Waals surface area contributed by atoms with Crippen molar-refractivity contribution in [2.45, 2.75) is 63.7 Å².